The molecule has 1 aromatic carbocycles. The van der Waals surface area contributed by atoms with E-state index in [1.54, 1.807) is 7.11 Å². The Morgan fingerprint density at radius 3 is 2.59 bits per heavy atom. The van der Waals surface area contributed by atoms with Crippen LogP contribution in [0.25, 0.3) is 0 Å². The van der Waals surface area contributed by atoms with Crippen LogP contribution in [0.1, 0.15) is 38.8 Å². The van der Waals surface area contributed by atoms with Crippen LogP contribution in [-0.2, 0) is 0 Å². The molecule has 0 aliphatic rings. The minimum atomic E-state index is 0.303. The van der Waals surface area contributed by atoms with Crippen molar-refractivity contribution in [2.45, 2.75) is 43.4 Å². The van der Waals surface area contributed by atoms with Gasteiger partial charge in [-0.15, -0.1) is 11.8 Å². The van der Waals surface area contributed by atoms with Crippen molar-refractivity contribution in [3.63, 3.8) is 0 Å². The lowest BCUT2D eigenvalue weighted by atomic mass is 10.1. The van der Waals surface area contributed by atoms with Crippen LogP contribution < -0.4 is 10.1 Å². The van der Waals surface area contributed by atoms with Gasteiger partial charge in [-0.1, -0.05) is 19.9 Å². The molecule has 0 amide bonds. The molecule has 0 bridgehead atoms. The molecule has 96 valence electrons. The molecule has 1 N–H and O–H groups in total. The van der Waals surface area contributed by atoms with Crippen LogP contribution in [-0.4, -0.2) is 19.4 Å². The second kappa shape index (κ2) is 6.92. The van der Waals surface area contributed by atoms with Crippen LogP contribution in [0.2, 0.25) is 0 Å². The molecule has 0 saturated heterocycles. The first-order valence-corrected chi connectivity index (χ1v) is 7.02. The second-order valence-corrected chi connectivity index (χ2v) is 5.70. The fourth-order valence-electron chi connectivity index (χ4n) is 1.68. The van der Waals surface area contributed by atoms with Gasteiger partial charge in [0, 0.05) is 21.8 Å². The lowest BCUT2D eigenvalue weighted by Gasteiger charge is -2.20. The zero-order valence-electron chi connectivity index (χ0n) is 11.4. The number of rotatable bonds is 6. The predicted molar refractivity (Wildman–Crippen MR) is 76.1 cm³/mol. The third-order valence-corrected chi connectivity index (χ3v) is 4.36. The molecule has 0 aliphatic carbocycles. The lowest BCUT2D eigenvalue weighted by molar-refractivity contribution is 0.401. The summed E-state index contributed by atoms with van der Waals surface area (Å²) >= 11 is 1.92. The van der Waals surface area contributed by atoms with Crippen molar-refractivity contribution in [1.29, 1.82) is 0 Å². The van der Waals surface area contributed by atoms with Crippen molar-refractivity contribution in [3.05, 3.63) is 23.8 Å². The van der Waals surface area contributed by atoms with Crippen LogP contribution >= 0.6 is 11.8 Å². The molecule has 0 radical (unpaired) electrons. The Labute approximate surface area is 109 Å². The fraction of sp³-hybridized carbons (Fsp3) is 0.571. The van der Waals surface area contributed by atoms with E-state index in [0.717, 1.165) is 5.75 Å². The molecule has 0 spiro atoms. The van der Waals surface area contributed by atoms with Crippen LogP contribution in [0.4, 0.5) is 0 Å². The Kier molecular flexibility index (Phi) is 5.86. The summed E-state index contributed by atoms with van der Waals surface area (Å²) in [5, 5.41) is 3.92. The molecule has 1 aromatic rings. The maximum atomic E-state index is 5.47. The quantitative estimate of drug-likeness (QED) is 0.778. The standard InChI is InChI=1S/C14H23NOS/c1-6-10(2)17-13-9-7-8-12(16-5)14(13)11(3)15-4/h7-11,15H,6H2,1-5H3. The van der Waals surface area contributed by atoms with E-state index in [4.69, 9.17) is 4.74 Å². The Bertz CT molecular complexity index is 354. The molecule has 0 aromatic heterocycles. The molecular formula is C14H23NOS. The van der Waals surface area contributed by atoms with Crippen LogP contribution in [0.5, 0.6) is 5.75 Å². The van der Waals surface area contributed by atoms with E-state index < -0.39 is 0 Å². The number of hydrogen-bond donors (Lipinski definition) is 1. The Balaban J connectivity index is 3.10. The largest absolute Gasteiger partial charge is 0.496 e. The van der Waals surface area contributed by atoms with Gasteiger partial charge in [0.15, 0.2) is 0 Å². The van der Waals surface area contributed by atoms with Crippen molar-refractivity contribution in [2.24, 2.45) is 0 Å². The van der Waals surface area contributed by atoms with E-state index in [0.29, 0.717) is 11.3 Å². The molecular weight excluding hydrogens is 230 g/mol. The molecule has 3 heteroatoms. The SMILES string of the molecule is CCC(C)Sc1cccc(OC)c1C(C)NC. The number of methoxy groups -OCH3 is 1. The molecule has 1 rings (SSSR count). The van der Waals surface area contributed by atoms with Crippen molar-refractivity contribution >= 4 is 11.8 Å². The Morgan fingerprint density at radius 2 is 2.06 bits per heavy atom. The maximum absolute atomic E-state index is 5.47. The monoisotopic (exact) mass is 253 g/mol. The highest BCUT2D eigenvalue weighted by atomic mass is 32.2. The maximum Gasteiger partial charge on any atom is 0.124 e. The minimum Gasteiger partial charge on any atom is -0.496 e. The molecule has 0 saturated carbocycles. The first-order valence-electron chi connectivity index (χ1n) is 6.14. The summed E-state index contributed by atoms with van der Waals surface area (Å²) in [6, 6.07) is 6.58. The molecule has 0 fully saturated rings. The van der Waals surface area contributed by atoms with E-state index >= 15 is 0 Å². The summed E-state index contributed by atoms with van der Waals surface area (Å²) < 4.78 is 5.47. The number of hydrogen-bond acceptors (Lipinski definition) is 3. The fourth-order valence-corrected chi connectivity index (χ4v) is 2.84. The van der Waals surface area contributed by atoms with Crippen LogP contribution in [0, 0.1) is 0 Å². The molecule has 17 heavy (non-hydrogen) atoms. The number of benzene rings is 1. The molecule has 2 unspecified atom stereocenters. The molecule has 0 heterocycles. The van der Waals surface area contributed by atoms with Crippen molar-refractivity contribution in [1.82, 2.24) is 5.32 Å². The predicted octanol–water partition coefficient (Wildman–Crippen LogP) is 3.87. The van der Waals surface area contributed by atoms with E-state index in [9.17, 15) is 0 Å². The van der Waals surface area contributed by atoms with Gasteiger partial charge in [0.05, 0.1) is 7.11 Å². The van der Waals surface area contributed by atoms with Gasteiger partial charge in [-0.25, -0.2) is 0 Å². The van der Waals surface area contributed by atoms with Gasteiger partial charge in [0.25, 0.3) is 0 Å². The third-order valence-electron chi connectivity index (χ3n) is 3.02. The highest BCUT2D eigenvalue weighted by molar-refractivity contribution is 8.00. The normalized spacial score (nSPS) is 14.4. The van der Waals surface area contributed by atoms with Gasteiger partial charge in [0.2, 0.25) is 0 Å². The summed E-state index contributed by atoms with van der Waals surface area (Å²) in [4.78, 5) is 1.32. The van der Waals surface area contributed by atoms with Gasteiger partial charge < -0.3 is 10.1 Å². The minimum absolute atomic E-state index is 0.303. The zero-order chi connectivity index (χ0) is 12.8. The van der Waals surface area contributed by atoms with E-state index in [1.165, 1.54) is 16.9 Å². The van der Waals surface area contributed by atoms with E-state index in [1.807, 2.05) is 24.9 Å². The second-order valence-electron chi connectivity index (χ2n) is 4.22. The van der Waals surface area contributed by atoms with E-state index in [-0.39, 0.29) is 0 Å². The third kappa shape index (κ3) is 3.65. The van der Waals surface area contributed by atoms with Gasteiger partial charge in [0.1, 0.15) is 5.75 Å². The Morgan fingerprint density at radius 1 is 1.35 bits per heavy atom. The van der Waals surface area contributed by atoms with Crippen molar-refractivity contribution in [3.8, 4) is 5.75 Å². The number of nitrogens with one attached hydrogen (secondary N) is 1. The summed E-state index contributed by atoms with van der Waals surface area (Å²) in [5.74, 6) is 0.972. The number of thioether (sulfide) groups is 1. The molecule has 2 nitrogen and oxygen atoms in total. The zero-order valence-corrected chi connectivity index (χ0v) is 12.2. The average molecular weight is 253 g/mol. The van der Waals surface area contributed by atoms with Crippen molar-refractivity contribution in [2.75, 3.05) is 14.2 Å². The summed E-state index contributed by atoms with van der Waals surface area (Å²) in [6.45, 7) is 6.65. The summed E-state index contributed by atoms with van der Waals surface area (Å²) in [7, 11) is 3.72. The number of ether oxygens (including phenoxy) is 1. The van der Waals surface area contributed by atoms with Gasteiger partial charge in [-0.3, -0.25) is 0 Å². The van der Waals surface area contributed by atoms with E-state index in [2.05, 4.69) is 38.2 Å². The lowest BCUT2D eigenvalue weighted by Crippen LogP contribution is -2.14. The smallest absolute Gasteiger partial charge is 0.124 e. The first-order chi connectivity index (χ1) is 8.13. The average Bonchev–Trinajstić information content (AvgIpc) is 2.37. The highest BCUT2D eigenvalue weighted by Gasteiger charge is 2.16. The topological polar surface area (TPSA) is 21.3 Å². The highest BCUT2D eigenvalue weighted by Crippen LogP contribution is 2.37. The van der Waals surface area contributed by atoms with Gasteiger partial charge in [-0.05, 0) is 32.5 Å². The summed E-state index contributed by atoms with van der Waals surface area (Å²) in [6.07, 6.45) is 1.18. The molecule has 0 aliphatic heterocycles. The molecule has 2 atom stereocenters. The van der Waals surface area contributed by atoms with Crippen LogP contribution in [0.15, 0.2) is 23.1 Å². The first kappa shape index (κ1) is 14.4. The van der Waals surface area contributed by atoms with Crippen molar-refractivity contribution < 1.29 is 4.74 Å². The van der Waals surface area contributed by atoms with Crippen LogP contribution in [0.3, 0.4) is 0 Å². The van der Waals surface area contributed by atoms with Gasteiger partial charge >= 0.3 is 0 Å². The van der Waals surface area contributed by atoms with Gasteiger partial charge in [-0.2, -0.15) is 0 Å². The Hall–Kier alpha value is -0.670. The summed E-state index contributed by atoms with van der Waals surface area (Å²) in [5.41, 5.74) is 1.27.